The van der Waals surface area contributed by atoms with Gasteiger partial charge in [-0.2, -0.15) is 0 Å². The van der Waals surface area contributed by atoms with Crippen molar-refractivity contribution in [1.82, 2.24) is 9.47 Å². The van der Waals surface area contributed by atoms with Gasteiger partial charge < -0.3 is 19.9 Å². The monoisotopic (exact) mass is 357 g/mol. The van der Waals surface area contributed by atoms with Crippen molar-refractivity contribution in [3.05, 3.63) is 58.0 Å². The number of pyridine rings is 1. The molecule has 2 rings (SSSR count). The molecule has 0 atom stereocenters. The van der Waals surface area contributed by atoms with Crippen LogP contribution in [0.3, 0.4) is 0 Å². The number of hydrogen-bond acceptors (Lipinski definition) is 4. The molecule has 0 radical (unpaired) electrons. The molecule has 7 nitrogen and oxygen atoms in total. The third kappa shape index (κ3) is 4.50. The van der Waals surface area contributed by atoms with E-state index in [0.717, 1.165) is 5.56 Å². The van der Waals surface area contributed by atoms with Crippen LogP contribution in [-0.2, 0) is 22.7 Å². The minimum Gasteiger partial charge on any atom is -0.503 e. The van der Waals surface area contributed by atoms with E-state index in [1.54, 1.807) is 24.0 Å². The summed E-state index contributed by atoms with van der Waals surface area (Å²) >= 11 is 0. The second-order valence-electron chi connectivity index (χ2n) is 5.98. The van der Waals surface area contributed by atoms with E-state index in [2.05, 4.69) is 5.32 Å². The highest BCUT2D eigenvalue weighted by Gasteiger charge is 2.13. The van der Waals surface area contributed by atoms with Crippen molar-refractivity contribution < 1.29 is 14.7 Å². The maximum atomic E-state index is 12.4. The summed E-state index contributed by atoms with van der Waals surface area (Å²) < 4.78 is 1.50. The number of rotatable bonds is 6. The average Bonchev–Trinajstić information content (AvgIpc) is 2.61. The number of carbonyl (C=O) groups is 2. The summed E-state index contributed by atoms with van der Waals surface area (Å²) in [6.45, 7) is 5.92. The molecule has 0 aliphatic heterocycles. The molecule has 0 aliphatic carbocycles. The van der Waals surface area contributed by atoms with E-state index >= 15 is 0 Å². The average molecular weight is 357 g/mol. The summed E-state index contributed by atoms with van der Waals surface area (Å²) in [6.07, 6.45) is 1.47. The number of aromatic nitrogens is 1. The van der Waals surface area contributed by atoms with E-state index in [1.165, 1.54) is 23.8 Å². The molecule has 0 saturated carbocycles. The Balaban J connectivity index is 2.16. The summed E-state index contributed by atoms with van der Waals surface area (Å²) in [5, 5.41) is 12.5. The molecule has 26 heavy (non-hydrogen) atoms. The smallest absolute Gasteiger partial charge is 0.244 e. The maximum Gasteiger partial charge on any atom is 0.244 e. The van der Waals surface area contributed by atoms with Crippen molar-refractivity contribution >= 4 is 17.5 Å². The van der Waals surface area contributed by atoms with Crippen molar-refractivity contribution in [3.63, 3.8) is 0 Å². The first-order chi connectivity index (χ1) is 12.3. The Morgan fingerprint density at radius 3 is 2.58 bits per heavy atom. The predicted molar refractivity (Wildman–Crippen MR) is 98.9 cm³/mol. The molecule has 2 amide bonds. The van der Waals surface area contributed by atoms with Crippen LogP contribution in [0.2, 0.25) is 0 Å². The van der Waals surface area contributed by atoms with E-state index < -0.39 is 5.43 Å². The van der Waals surface area contributed by atoms with Crippen LogP contribution in [0.5, 0.6) is 5.75 Å². The number of para-hydroxylation sites is 1. The van der Waals surface area contributed by atoms with Gasteiger partial charge in [0.15, 0.2) is 5.75 Å². The van der Waals surface area contributed by atoms with Gasteiger partial charge in [0.05, 0.1) is 5.69 Å². The Kier molecular flexibility index (Phi) is 6.16. The summed E-state index contributed by atoms with van der Waals surface area (Å²) in [6, 6.07) is 8.51. The normalized spacial score (nSPS) is 10.4. The molecule has 1 heterocycles. The van der Waals surface area contributed by atoms with Crippen molar-refractivity contribution in [2.45, 2.75) is 33.9 Å². The number of amides is 2. The molecule has 138 valence electrons. The van der Waals surface area contributed by atoms with Gasteiger partial charge in [-0.1, -0.05) is 18.2 Å². The number of nitrogens with zero attached hydrogens (tertiary/aromatic N) is 2. The Hall–Kier alpha value is -3.09. The highest BCUT2D eigenvalue weighted by Crippen LogP contribution is 2.18. The van der Waals surface area contributed by atoms with Gasteiger partial charge in [0.25, 0.3) is 0 Å². The summed E-state index contributed by atoms with van der Waals surface area (Å²) in [5.41, 5.74) is 1.31. The second kappa shape index (κ2) is 8.33. The van der Waals surface area contributed by atoms with Gasteiger partial charge in [0.1, 0.15) is 6.54 Å². The van der Waals surface area contributed by atoms with Crippen LogP contribution in [0.15, 0.2) is 41.3 Å². The summed E-state index contributed by atoms with van der Waals surface area (Å²) in [4.78, 5) is 37.1. The number of nitrogens with one attached hydrogen (secondary N) is 1. The highest BCUT2D eigenvalue weighted by molar-refractivity contribution is 5.91. The third-order valence-electron chi connectivity index (χ3n) is 4.21. The van der Waals surface area contributed by atoms with Crippen molar-refractivity contribution in [3.8, 4) is 5.75 Å². The highest BCUT2D eigenvalue weighted by atomic mass is 16.3. The van der Waals surface area contributed by atoms with Gasteiger partial charge in [-0.25, -0.2) is 0 Å². The first-order valence-electron chi connectivity index (χ1n) is 8.35. The van der Waals surface area contributed by atoms with Crippen LogP contribution in [0.4, 0.5) is 5.69 Å². The van der Waals surface area contributed by atoms with Gasteiger partial charge in [-0.3, -0.25) is 14.4 Å². The molecule has 0 saturated heterocycles. The predicted octanol–water partition coefficient (Wildman–Crippen LogP) is 1.87. The molecule has 0 unspecified atom stereocenters. The lowest BCUT2D eigenvalue weighted by Gasteiger charge is -2.21. The SMILES string of the molecule is CCN(Cc1ccccc1NC(=O)Cn1ccc(=O)c(O)c1C)C(C)=O. The van der Waals surface area contributed by atoms with Crippen molar-refractivity contribution in [2.24, 2.45) is 0 Å². The lowest BCUT2D eigenvalue weighted by molar-refractivity contribution is -0.129. The molecule has 0 fully saturated rings. The Bertz CT molecular complexity index is 873. The molecule has 0 bridgehead atoms. The molecule has 1 aromatic heterocycles. The van der Waals surface area contributed by atoms with E-state index in [0.29, 0.717) is 24.5 Å². The van der Waals surface area contributed by atoms with Crippen LogP contribution < -0.4 is 10.7 Å². The lowest BCUT2D eigenvalue weighted by atomic mass is 10.1. The minimum absolute atomic E-state index is 0.0343. The molecular weight excluding hydrogens is 334 g/mol. The van der Waals surface area contributed by atoms with Crippen LogP contribution in [0.1, 0.15) is 25.1 Å². The maximum absolute atomic E-state index is 12.4. The van der Waals surface area contributed by atoms with Gasteiger partial charge >= 0.3 is 0 Å². The van der Waals surface area contributed by atoms with E-state index in [1.807, 2.05) is 19.1 Å². The molecule has 1 aromatic carbocycles. The number of anilines is 1. The topological polar surface area (TPSA) is 91.6 Å². The van der Waals surface area contributed by atoms with Crippen LogP contribution in [0.25, 0.3) is 0 Å². The Labute approximate surface area is 151 Å². The third-order valence-corrected chi connectivity index (χ3v) is 4.21. The molecular formula is C19H23N3O4. The quantitative estimate of drug-likeness (QED) is 0.826. The first-order valence-corrected chi connectivity index (χ1v) is 8.35. The number of aromatic hydroxyl groups is 1. The van der Waals surface area contributed by atoms with Gasteiger partial charge in [0.2, 0.25) is 17.2 Å². The Morgan fingerprint density at radius 2 is 1.92 bits per heavy atom. The zero-order valence-corrected chi connectivity index (χ0v) is 15.2. The fraction of sp³-hybridized carbons (Fsp3) is 0.316. The zero-order valence-electron chi connectivity index (χ0n) is 15.2. The fourth-order valence-corrected chi connectivity index (χ4v) is 2.61. The zero-order chi connectivity index (χ0) is 19.3. The van der Waals surface area contributed by atoms with E-state index in [-0.39, 0.29) is 24.1 Å². The van der Waals surface area contributed by atoms with E-state index in [4.69, 9.17) is 0 Å². The number of benzene rings is 1. The van der Waals surface area contributed by atoms with Gasteiger partial charge in [-0.05, 0) is 25.5 Å². The van der Waals surface area contributed by atoms with Crippen LogP contribution >= 0.6 is 0 Å². The summed E-state index contributed by atoms with van der Waals surface area (Å²) in [7, 11) is 0. The van der Waals surface area contributed by atoms with Crippen LogP contribution in [-0.4, -0.2) is 32.9 Å². The largest absolute Gasteiger partial charge is 0.503 e. The standard InChI is InChI=1S/C19H23N3O4/c1-4-21(14(3)23)11-15-7-5-6-8-16(15)20-18(25)12-22-10-9-17(24)19(26)13(22)2/h5-10,26H,4,11-12H2,1-3H3,(H,20,25). The second-order valence-corrected chi connectivity index (χ2v) is 5.98. The molecule has 7 heteroatoms. The first kappa shape index (κ1) is 19.2. The van der Waals surface area contributed by atoms with Crippen LogP contribution in [0, 0.1) is 6.92 Å². The molecule has 0 spiro atoms. The fourth-order valence-electron chi connectivity index (χ4n) is 2.61. The van der Waals surface area contributed by atoms with Gasteiger partial charge in [0, 0.05) is 38.0 Å². The lowest BCUT2D eigenvalue weighted by Crippen LogP contribution is -2.28. The molecule has 0 aliphatic rings. The Morgan fingerprint density at radius 1 is 1.23 bits per heavy atom. The van der Waals surface area contributed by atoms with Crippen molar-refractivity contribution in [2.75, 3.05) is 11.9 Å². The number of carbonyl (C=O) groups excluding carboxylic acids is 2. The van der Waals surface area contributed by atoms with Crippen molar-refractivity contribution in [1.29, 1.82) is 0 Å². The van der Waals surface area contributed by atoms with E-state index in [9.17, 15) is 19.5 Å². The number of hydrogen-bond donors (Lipinski definition) is 2. The molecule has 2 N–H and O–H groups in total. The van der Waals surface area contributed by atoms with Gasteiger partial charge in [-0.15, -0.1) is 0 Å². The summed E-state index contributed by atoms with van der Waals surface area (Å²) in [5.74, 6) is -0.691. The minimum atomic E-state index is -0.478. The molecule has 2 aromatic rings.